The Hall–Kier alpha value is -0.300. The van der Waals surface area contributed by atoms with Crippen molar-refractivity contribution in [3.63, 3.8) is 0 Å². The molecule has 4 atom stereocenters. The zero-order valence-corrected chi connectivity index (χ0v) is 9.37. The second-order valence-corrected chi connectivity index (χ2v) is 5.77. The topological polar surface area (TPSA) is 3.24 Å². The van der Waals surface area contributed by atoms with Gasteiger partial charge in [0.1, 0.15) is 0 Å². The molecule has 14 heavy (non-hydrogen) atoms. The fourth-order valence-electron chi connectivity index (χ4n) is 4.12. The van der Waals surface area contributed by atoms with Gasteiger partial charge in [0.15, 0.2) is 0 Å². The van der Waals surface area contributed by atoms with Gasteiger partial charge in [0.2, 0.25) is 0 Å². The highest BCUT2D eigenvalue weighted by molar-refractivity contribution is 5.15. The normalized spacial score (nSPS) is 52.0. The molecule has 3 aliphatic rings. The smallest absolute Gasteiger partial charge is 0.0253 e. The van der Waals surface area contributed by atoms with Crippen molar-refractivity contribution < 1.29 is 0 Å². The van der Waals surface area contributed by atoms with Crippen LogP contribution in [0.2, 0.25) is 0 Å². The average molecular weight is 191 g/mol. The van der Waals surface area contributed by atoms with E-state index in [0.717, 1.165) is 12.0 Å². The number of piperidine rings is 1. The van der Waals surface area contributed by atoms with Crippen LogP contribution in [0.15, 0.2) is 12.2 Å². The van der Waals surface area contributed by atoms with Gasteiger partial charge in [0.25, 0.3) is 0 Å². The van der Waals surface area contributed by atoms with Crippen LogP contribution in [-0.4, -0.2) is 23.5 Å². The Balaban J connectivity index is 1.99. The first-order chi connectivity index (χ1) is 6.71. The van der Waals surface area contributed by atoms with Crippen molar-refractivity contribution in [2.75, 3.05) is 6.54 Å². The maximum Gasteiger partial charge on any atom is 0.0253 e. The zero-order valence-electron chi connectivity index (χ0n) is 9.37. The molecule has 1 aliphatic carbocycles. The summed E-state index contributed by atoms with van der Waals surface area (Å²) in [6.45, 7) is 6.22. The maximum atomic E-state index is 2.77. The summed E-state index contributed by atoms with van der Waals surface area (Å²) < 4.78 is 0. The van der Waals surface area contributed by atoms with Crippen molar-refractivity contribution in [2.45, 2.75) is 51.6 Å². The third-order valence-electron chi connectivity index (χ3n) is 4.85. The van der Waals surface area contributed by atoms with Crippen LogP contribution in [0.5, 0.6) is 0 Å². The van der Waals surface area contributed by atoms with Gasteiger partial charge in [-0.15, -0.1) is 0 Å². The molecular formula is C13H21N. The number of hydrogen-bond donors (Lipinski definition) is 0. The Morgan fingerprint density at radius 3 is 3.00 bits per heavy atom. The lowest BCUT2D eigenvalue weighted by atomic mass is 9.73. The first-order valence-corrected chi connectivity index (χ1v) is 6.15. The van der Waals surface area contributed by atoms with Gasteiger partial charge in [0.05, 0.1) is 0 Å². The van der Waals surface area contributed by atoms with Crippen molar-refractivity contribution >= 4 is 0 Å². The Labute approximate surface area is 87.2 Å². The summed E-state index contributed by atoms with van der Waals surface area (Å²) in [4.78, 5) is 2.77. The predicted octanol–water partition coefficient (Wildman–Crippen LogP) is 2.83. The third-order valence-corrected chi connectivity index (χ3v) is 4.85. The number of hydrogen-bond acceptors (Lipinski definition) is 1. The molecule has 0 unspecified atom stereocenters. The van der Waals surface area contributed by atoms with Crippen molar-refractivity contribution in [1.82, 2.24) is 4.90 Å². The highest BCUT2D eigenvalue weighted by Crippen LogP contribution is 2.52. The first kappa shape index (κ1) is 8.96. The zero-order chi connectivity index (χ0) is 9.76. The van der Waals surface area contributed by atoms with Crippen molar-refractivity contribution in [3.8, 4) is 0 Å². The minimum absolute atomic E-state index is 0.641. The van der Waals surface area contributed by atoms with Gasteiger partial charge < -0.3 is 0 Å². The summed E-state index contributed by atoms with van der Waals surface area (Å²) in [6.07, 6.45) is 10.7. The van der Waals surface area contributed by atoms with E-state index < -0.39 is 0 Å². The van der Waals surface area contributed by atoms with Gasteiger partial charge in [-0.3, -0.25) is 4.90 Å². The lowest BCUT2D eigenvalue weighted by molar-refractivity contribution is 0.0146. The van der Waals surface area contributed by atoms with Gasteiger partial charge in [-0.05, 0) is 50.5 Å². The Bertz CT molecular complexity index is 270. The van der Waals surface area contributed by atoms with E-state index in [1.54, 1.807) is 0 Å². The minimum atomic E-state index is 0.641. The number of rotatable bonds is 0. The van der Waals surface area contributed by atoms with Gasteiger partial charge in [-0.25, -0.2) is 0 Å². The second kappa shape index (κ2) is 2.85. The van der Waals surface area contributed by atoms with E-state index in [4.69, 9.17) is 0 Å². The van der Waals surface area contributed by atoms with Crippen LogP contribution in [-0.2, 0) is 0 Å². The molecule has 0 bridgehead atoms. The summed E-state index contributed by atoms with van der Waals surface area (Å²) in [7, 11) is 0. The SMILES string of the molecule is C[C@@H]1C=C[C@@H]2CC[C@@]3(C)CCCN1[C@@H]23. The van der Waals surface area contributed by atoms with E-state index >= 15 is 0 Å². The quantitative estimate of drug-likeness (QED) is 0.532. The van der Waals surface area contributed by atoms with Gasteiger partial charge in [-0.2, -0.15) is 0 Å². The molecule has 2 aliphatic heterocycles. The molecule has 0 spiro atoms. The van der Waals surface area contributed by atoms with E-state index in [2.05, 4.69) is 30.9 Å². The molecule has 1 saturated carbocycles. The summed E-state index contributed by atoms with van der Waals surface area (Å²) in [5.74, 6) is 0.872. The monoisotopic (exact) mass is 191 g/mol. The molecule has 3 rings (SSSR count). The standard InChI is InChI=1S/C13H21N/c1-10-4-5-11-6-8-13(2)7-3-9-14(10)12(11)13/h4-5,10-12H,3,6-9H2,1-2H3/t10-,11-,12+,13-/m1/s1. The third kappa shape index (κ3) is 1.05. The molecule has 0 N–H and O–H groups in total. The van der Waals surface area contributed by atoms with Crippen LogP contribution >= 0.6 is 0 Å². The van der Waals surface area contributed by atoms with Crippen molar-refractivity contribution in [1.29, 1.82) is 0 Å². The number of nitrogens with zero attached hydrogens (tertiary/aromatic N) is 1. The molecular weight excluding hydrogens is 170 g/mol. The molecule has 1 heteroatoms. The maximum absolute atomic E-state index is 2.77. The molecule has 0 aromatic heterocycles. The lowest BCUT2D eigenvalue weighted by Gasteiger charge is -2.50. The van der Waals surface area contributed by atoms with Crippen LogP contribution in [0.3, 0.4) is 0 Å². The van der Waals surface area contributed by atoms with Crippen LogP contribution in [0.1, 0.15) is 39.5 Å². The lowest BCUT2D eigenvalue weighted by Crippen LogP contribution is -2.55. The molecule has 1 nitrogen and oxygen atoms in total. The Morgan fingerprint density at radius 2 is 2.14 bits per heavy atom. The minimum Gasteiger partial charge on any atom is -0.293 e. The fraction of sp³-hybridized carbons (Fsp3) is 0.846. The molecule has 78 valence electrons. The van der Waals surface area contributed by atoms with Crippen LogP contribution in [0.4, 0.5) is 0 Å². The second-order valence-electron chi connectivity index (χ2n) is 5.77. The van der Waals surface area contributed by atoms with E-state index in [0.29, 0.717) is 11.5 Å². The van der Waals surface area contributed by atoms with Crippen molar-refractivity contribution in [3.05, 3.63) is 12.2 Å². The van der Waals surface area contributed by atoms with Gasteiger partial charge in [-0.1, -0.05) is 19.1 Å². The summed E-state index contributed by atoms with van der Waals surface area (Å²) >= 11 is 0. The largest absolute Gasteiger partial charge is 0.293 e. The molecule has 0 aromatic carbocycles. The Kier molecular flexibility index (Phi) is 1.82. The summed E-state index contributed by atoms with van der Waals surface area (Å²) in [5, 5.41) is 0. The highest BCUT2D eigenvalue weighted by atomic mass is 15.2. The van der Waals surface area contributed by atoms with Gasteiger partial charge >= 0.3 is 0 Å². The molecule has 1 saturated heterocycles. The highest BCUT2D eigenvalue weighted by Gasteiger charge is 2.50. The summed E-state index contributed by atoms with van der Waals surface area (Å²) in [5.41, 5.74) is 0.641. The van der Waals surface area contributed by atoms with Crippen molar-refractivity contribution in [2.24, 2.45) is 11.3 Å². The first-order valence-electron chi connectivity index (χ1n) is 6.15. The van der Waals surface area contributed by atoms with Crippen LogP contribution < -0.4 is 0 Å². The molecule has 2 fully saturated rings. The van der Waals surface area contributed by atoms with Crippen LogP contribution in [0, 0.1) is 11.3 Å². The molecule has 0 radical (unpaired) electrons. The van der Waals surface area contributed by atoms with E-state index in [9.17, 15) is 0 Å². The van der Waals surface area contributed by atoms with E-state index in [1.165, 1.54) is 32.2 Å². The molecule has 2 heterocycles. The molecule has 0 aromatic rings. The van der Waals surface area contributed by atoms with E-state index in [-0.39, 0.29) is 0 Å². The predicted molar refractivity (Wildman–Crippen MR) is 59.2 cm³/mol. The van der Waals surface area contributed by atoms with Crippen LogP contribution in [0.25, 0.3) is 0 Å². The summed E-state index contributed by atoms with van der Waals surface area (Å²) in [6, 6.07) is 1.56. The average Bonchev–Trinajstić information content (AvgIpc) is 2.51. The molecule has 0 amide bonds. The van der Waals surface area contributed by atoms with E-state index in [1.807, 2.05) is 0 Å². The van der Waals surface area contributed by atoms with Gasteiger partial charge in [0, 0.05) is 12.1 Å². The Morgan fingerprint density at radius 1 is 1.29 bits per heavy atom. The fourth-order valence-corrected chi connectivity index (χ4v) is 4.12.